The van der Waals surface area contributed by atoms with Crippen molar-refractivity contribution in [1.82, 2.24) is 10.6 Å². The molecular weight excluding hydrogens is 210 g/mol. The Morgan fingerprint density at radius 2 is 0.812 bits per heavy atom. The first-order valence-corrected chi connectivity index (χ1v) is 4.69. The highest BCUT2D eigenvalue weighted by Gasteiger charge is 1.73. The van der Waals surface area contributed by atoms with Crippen LogP contribution in [-0.4, -0.2) is 38.7 Å². The second-order valence-electron chi connectivity index (χ2n) is 2.52. The number of hydrogen-bond donors (Lipinski definition) is 3. The van der Waals surface area contributed by atoms with Crippen molar-refractivity contribution in [2.75, 3.05) is 21.1 Å². The Bertz CT molecular complexity index is 164. The number of nitrogens with one attached hydrogen (secondary N) is 2. The van der Waals surface area contributed by atoms with Gasteiger partial charge in [-0.1, -0.05) is 0 Å². The van der Waals surface area contributed by atoms with Crippen LogP contribution in [0.15, 0.2) is 0 Å². The molecule has 0 rings (SSSR count). The molecule has 0 aromatic rings. The highest BCUT2D eigenvalue weighted by molar-refractivity contribution is 5.72. The molecule has 0 fully saturated rings. The van der Waals surface area contributed by atoms with E-state index in [0.29, 0.717) is 0 Å². The van der Waals surface area contributed by atoms with E-state index in [0.717, 1.165) is 0 Å². The molecule has 2 amide bonds. The van der Waals surface area contributed by atoms with Crippen LogP contribution in [-0.2, 0) is 14.4 Å². The number of Topliss-reactive ketones (excluding diaryl/α,β-unsaturated/α-hetero) is 1. The third-order valence-corrected chi connectivity index (χ3v) is 0.704. The first-order valence-electron chi connectivity index (χ1n) is 4.69. The largest absolute Gasteiger partial charge is 0.359 e. The number of carbonyl (C=O) groups excluding carboxylic acids is 3. The molecular formula is C10H25N3O3. The van der Waals surface area contributed by atoms with E-state index < -0.39 is 0 Å². The highest BCUT2D eigenvalue weighted by Crippen LogP contribution is 1.50. The van der Waals surface area contributed by atoms with Gasteiger partial charge in [-0.3, -0.25) is 9.59 Å². The van der Waals surface area contributed by atoms with Crippen LogP contribution in [0.4, 0.5) is 0 Å². The fraction of sp³-hybridized carbons (Fsp3) is 0.700. The molecule has 0 bridgehead atoms. The molecule has 98 valence electrons. The van der Waals surface area contributed by atoms with Gasteiger partial charge in [0.05, 0.1) is 0 Å². The number of ketones is 1. The summed E-state index contributed by atoms with van der Waals surface area (Å²) in [6.07, 6.45) is 0. The number of rotatable bonds is 0. The summed E-state index contributed by atoms with van der Waals surface area (Å²) < 4.78 is 0. The van der Waals surface area contributed by atoms with Crippen molar-refractivity contribution in [2.45, 2.75) is 27.7 Å². The third-order valence-electron chi connectivity index (χ3n) is 0.704. The number of hydrogen-bond acceptors (Lipinski definition) is 4. The molecule has 0 spiro atoms. The predicted octanol–water partition coefficient (Wildman–Crippen LogP) is -0.325. The van der Waals surface area contributed by atoms with E-state index in [4.69, 9.17) is 0 Å². The summed E-state index contributed by atoms with van der Waals surface area (Å²) in [5, 5.41) is 4.78. The smallest absolute Gasteiger partial charge is 0.216 e. The standard InChI is InChI=1S/2C3H7NO.C3H6O.CH5N/c2*1-3(5)4-2;1-3(2)4;1-2/h2*1-2H3,(H,4,5);1-2H3;2H2,1H3. The van der Waals surface area contributed by atoms with E-state index in [1.54, 1.807) is 14.1 Å². The maximum absolute atomic E-state index is 9.70. The zero-order valence-corrected chi connectivity index (χ0v) is 11.3. The quantitative estimate of drug-likeness (QED) is 0.535. The van der Waals surface area contributed by atoms with Crippen molar-refractivity contribution in [3.63, 3.8) is 0 Å². The molecule has 0 aliphatic heterocycles. The summed E-state index contributed by atoms with van der Waals surface area (Å²) in [7, 11) is 4.70. The van der Waals surface area contributed by atoms with Crippen molar-refractivity contribution in [1.29, 1.82) is 0 Å². The molecule has 0 aliphatic carbocycles. The van der Waals surface area contributed by atoms with Gasteiger partial charge in [-0.2, -0.15) is 0 Å². The predicted molar refractivity (Wildman–Crippen MR) is 65.9 cm³/mol. The normalized spacial score (nSPS) is 6.25. The Morgan fingerprint density at radius 3 is 0.812 bits per heavy atom. The van der Waals surface area contributed by atoms with Gasteiger partial charge >= 0.3 is 0 Å². The molecule has 4 N–H and O–H groups in total. The van der Waals surface area contributed by atoms with Crippen LogP contribution in [0.1, 0.15) is 27.7 Å². The molecule has 0 aliphatic rings. The lowest BCUT2D eigenvalue weighted by Gasteiger charge is -1.80. The van der Waals surface area contributed by atoms with E-state index in [1.807, 2.05) is 0 Å². The summed E-state index contributed by atoms with van der Waals surface area (Å²) in [6, 6.07) is 0. The summed E-state index contributed by atoms with van der Waals surface area (Å²) in [6.45, 7) is 6.00. The topological polar surface area (TPSA) is 101 Å². The van der Waals surface area contributed by atoms with Crippen molar-refractivity contribution < 1.29 is 14.4 Å². The van der Waals surface area contributed by atoms with Crippen molar-refractivity contribution in [3.8, 4) is 0 Å². The maximum Gasteiger partial charge on any atom is 0.216 e. The van der Waals surface area contributed by atoms with Gasteiger partial charge in [-0.25, -0.2) is 0 Å². The minimum absolute atomic E-state index is 0.00463. The second-order valence-corrected chi connectivity index (χ2v) is 2.52. The lowest BCUT2D eigenvalue weighted by atomic mass is 10.6. The average Bonchev–Trinajstić information content (AvgIpc) is 2.20. The van der Waals surface area contributed by atoms with Gasteiger partial charge in [0.2, 0.25) is 11.8 Å². The Labute approximate surface area is 98.0 Å². The average molecular weight is 235 g/mol. The SMILES string of the molecule is CC(C)=O.CN.CNC(C)=O.CNC(C)=O. The van der Waals surface area contributed by atoms with Crippen LogP contribution < -0.4 is 16.4 Å². The maximum atomic E-state index is 9.70. The van der Waals surface area contributed by atoms with Gasteiger partial charge in [0, 0.05) is 27.9 Å². The van der Waals surface area contributed by atoms with E-state index >= 15 is 0 Å². The van der Waals surface area contributed by atoms with Gasteiger partial charge < -0.3 is 21.2 Å². The van der Waals surface area contributed by atoms with Crippen LogP contribution >= 0.6 is 0 Å². The minimum atomic E-state index is 0.00463. The van der Waals surface area contributed by atoms with Gasteiger partial charge in [0.1, 0.15) is 5.78 Å². The van der Waals surface area contributed by atoms with E-state index in [2.05, 4.69) is 16.4 Å². The molecule has 0 saturated heterocycles. The monoisotopic (exact) mass is 235 g/mol. The summed E-state index contributed by atoms with van der Waals surface area (Å²) in [5.41, 5.74) is 4.50. The molecule has 0 aromatic heterocycles. The lowest BCUT2D eigenvalue weighted by molar-refractivity contribution is -0.119. The molecule has 6 nitrogen and oxygen atoms in total. The van der Waals surface area contributed by atoms with E-state index in [9.17, 15) is 14.4 Å². The summed E-state index contributed by atoms with van der Waals surface area (Å²) in [4.78, 5) is 28.8. The number of nitrogens with two attached hydrogens (primary N) is 1. The fourth-order valence-electron chi connectivity index (χ4n) is 0. The number of amides is 2. The minimum Gasteiger partial charge on any atom is -0.359 e. The summed E-state index contributed by atoms with van der Waals surface area (Å²) >= 11 is 0. The molecule has 0 aromatic carbocycles. The zero-order valence-electron chi connectivity index (χ0n) is 11.3. The molecule has 0 radical (unpaired) electrons. The molecule has 0 unspecified atom stereocenters. The van der Waals surface area contributed by atoms with Gasteiger partial charge in [-0.15, -0.1) is 0 Å². The molecule has 6 heteroatoms. The Hall–Kier alpha value is -1.43. The van der Waals surface area contributed by atoms with Crippen LogP contribution in [0.5, 0.6) is 0 Å². The van der Waals surface area contributed by atoms with E-state index in [-0.39, 0.29) is 17.6 Å². The lowest BCUT2D eigenvalue weighted by Crippen LogP contribution is -2.11. The van der Waals surface area contributed by atoms with Crippen LogP contribution in [0.25, 0.3) is 0 Å². The fourth-order valence-corrected chi connectivity index (χ4v) is 0. The van der Waals surface area contributed by atoms with Crippen molar-refractivity contribution >= 4 is 17.6 Å². The molecule has 0 heterocycles. The Balaban J connectivity index is -0.0000000629. The van der Waals surface area contributed by atoms with Gasteiger partial charge in [0.25, 0.3) is 0 Å². The van der Waals surface area contributed by atoms with E-state index in [1.165, 1.54) is 34.7 Å². The van der Waals surface area contributed by atoms with Crippen LogP contribution in [0.3, 0.4) is 0 Å². The molecule has 16 heavy (non-hydrogen) atoms. The summed E-state index contributed by atoms with van der Waals surface area (Å²) in [5.74, 6) is 0.176. The first kappa shape index (κ1) is 24.0. The third kappa shape index (κ3) is 255. The van der Waals surface area contributed by atoms with Crippen molar-refractivity contribution in [3.05, 3.63) is 0 Å². The zero-order chi connectivity index (χ0) is 14.1. The Kier molecular flexibility index (Phi) is 35.1. The van der Waals surface area contributed by atoms with Crippen LogP contribution in [0.2, 0.25) is 0 Å². The van der Waals surface area contributed by atoms with Gasteiger partial charge in [0.15, 0.2) is 0 Å². The number of carbonyl (C=O) groups is 3. The first-order chi connectivity index (χ1) is 7.27. The molecule has 0 atom stereocenters. The van der Waals surface area contributed by atoms with Gasteiger partial charge in [-0.05, 0) is 20.9 Å². The van der Waals surface area contributed by atoms with Crippen LogP contribution in [0, 0.1) is 0 Å². The highest BCUT2D eigenvalue weighted by atomic mass is 16.2. The Morgan fingerprint density at radius 1 is 0.750 bits per heavy atom. The second kappa shape index (κ2) is 23.4. The van der Waals surface area contributed by atoms with Crippen molar-refractivity contribution in [2.24, 2.45) is 5.73 Å². The molecule has 0 saturated carbocycles.